The molecule has 160 valence electrons. The van der Waals surface area contributed by atoms with Crippen molar-refractivity contribution in [3.63, 3.8) is 0 Å². The van der Waals surface area contributed by atoms with E-state index in [2.05, 4.69) is 20.5 Å². The number of aromatic nitrogens is 1. The van der Waals surface area contributed by atoms with Gasteiger partial charge in [0.1, 0.15) is 18.2 Å². The van der Waals surface area contributed by atoms with E-state index in [0.29, 0.717) is 18.7 Å². The minimum Gasteiger partial charge on any atom is -0.489 e. The second-order valence-electron chi connectivity index (χ2n) is 7.57. The van der Waals surface area contributed by atoms with Gasteiger partial charge in [0.25, 0.3) is 5.91 Å². The van der Waals surface area contributed by atoms with Crippen LogP contribution in [0.3, 0.4) is 0 Å². The highest BCUT2D eigenvalue weighted by atomic mass is 16.5. The van der Waals surface area contributed by atoms with Crippen LogP contribution in [0.25, 0.3) is 0 Å². The summed E-state index contributed by atoms with van der Waals surface area (Å²) in [4.78, 5) is 19.1. The van der Waals surface area contributed by atoms with E-state index in [1.54, 1.807) is 6.20 Å². The number of nitrogens with one attached hydrogen (secondary N) is 2. The van der Waals surface area contributed by atoms with Crippen molar-refractivity contribution in [2.75, 3.05) is 37.6 Å². The van der Waals surface area contributed by atoms with Crippen molar-refractivity contribution >= 4 is 11.7 Å². The Morgan fingerprint density at radius 1 is 0.968 bits per heavy atom. The molecule has 1 aliphatic heterocycles. The lowest BCUT2D eigenvalue weighted by Crippen LogP contribution is -2.43. The monoisotopic (exact) mass is 416 g/mol. The Hall–Kier alpha value is -3.38. The number of hydrogen-bond acceptors (Lipinski definition) is 5. The van der Waals surface area contributed by atoms with Crippen LogP contribution in [-0.4, -0.2) is 43.6 Å². The summed E-state index contributed by atoms with van der Waals surface area (Å²) < 4.78 is 5.82. The number of ether oxygens (including phenoxy) is 1. The van der Waals surface area contributed by atoms with Crippen molar-refractivity contribution < 1.29 is 9.53 Å². The summed E-state index contributed by atoms with van der Waals surface area (Å²) in [6.45, 7) is 4.93. The Kier molecular flexibility index (Phi) is 7.13. The summed E-state index contributed by atoms with van der Waals surface area (Å²) in [5.74, 6) is 1.67. The van der Waals surface area contributed by atoms with Gasteiger partial charge in [-0.1, -0.05) is 42.5 Å². The number of piperazine rings is 1. The van der Waals surface area contributed by atoms with E-state index < -0.39 is 0 Å². The summed E-state index contributed by atoms with van der Waals surface area (Å²) in [6.07, 6.45) is 2.42. The van der Waals surface area contributed by atoms with Gasteiger partial charge in [-0.2, -0.15) is 0 Å². The highest BCUT2D eigenvalue weighted by Crippen LogP contribution is 2.15. The summed E-state index contributed by atoms with van der Waals surface area (Å²) in [5.41, 5.74) is 2.88. The molecule has 1 amide bonds. The van der Waals surface area contributed by atoms with E-state index in [-0.39, 0.29) is 5.91 Å². The van der Waals surface area contributed by atoms with E-state index in [0.717, 1.165) is 55.3 Å². The molecule has 3 aromatic rings. The van der Waals surface area contributed by atoms with Crippen molar-refractivity contribution in [3.05, 3.63) is 89.6 Å². The first kappa shape index (κ1) is 20.9. The summed E-state index contributed by atoms with van der Waals surface area (Å²) in [6, 6.07) is 21.9. The highest BCUT2D eigenvalue weighted by Gasteiger charge is 2.12. The second-order valence-corrected chi connectivity index (χ2v) is 7.57. The lowest BCUT2D eigenvalue weighted by atomic mass is 10.1. The molecule has 0 saturated carbocycles. The number of anilines is 1. The Labute approximate surface area is 183 Å². The van der Waals surface area contributed by atoms with E-state index in [9.17, 15) is 4.79 Å². The minimum absolute atomic E-state index is 0.0952. The number of benzene rings is 2. The summed E-state index contributed by atoms with van der Waals surface area (Å²) >= 11 is 0. The number of nitrogens with zero attached hydrogens (tertiary/aromatic N) is 2. The van der Waals surface area contributed by atoms with Gasteiger partial charge in [0.2, 0.25) is 0 Å². The Morgan fingerprint density at radius 2 is 1.74 bits per heavy atom. The molecular formula is C25H28N4O2. The first-order valence-corrected chi connectivity index (χ1v) is 10.7. The molecule has 2 N–H and O–H groups in total. The molecule has 1 saturated heterocycles. The fourth-order valence-electron chi connectivity index (χ4n) is 3.52. The van der Waals surface area contributed by atoms with E-state index in [4.69, 9.17) is 4.74 Å². The predicted molar refractivity (Wildman–Crippen MR) is 123 cm³/mol. The predicted octanol–water partition coefficient (Wildman–Crippen LogP) is 3.04. The van der Waals surface area contributed by atoms with E-state index in [1.165, 1.54) is 0 Å². The zero-order valence-corrected chi connectivity index (χ0v) is 17.6. The lowest BCUT2D eigenvalue weighted by molar-refractivity contribution is 0.0954. The molecular weight excluding hydrogens is 388 g/mol. The third-order valence-corrected chi connectivity index (χ3v) is 5.32. The van der Waals surface area contributed by atoms with Crippen molar-refractivity contribution in [2.24, 2.45) is 0 Å². The van der Waals surface area contributed by atoms with E-state index in [1.807, 2.05) is 66.7 Å². The molecule has 0 unspecified atom stereocenters. The van der Waals surface area contributed by atoms with Crippen molar-refractivity contribution in [1.82, 2.24) is 15.6 Å². The summed E-state index contributed by atoms with van der Waals surface area (Å²) in [5, 5.41) is 6.30. The van der Waals surface area contributed by atoms with Gasteiger partial charge in [-0.15, -0.1) is 0 Å². The van der Waals surface area contributed by atoms with Crippen LogP contribution in [0.4, 0.5) is 5.82 Å². The van der Waals surface area contributed by atoms with Crippen molar-refractivity contribution in [3.8, 4) is 5.75 Å². The first-order chi connectivity index (χ1) is 15.3. The third kappa shape index (κ3) is 6.06. The highest BCUT2D eigenvalue weighted by molar-refractivity contribution is 5.94. The van der Waals surface area contributed by atoms with Crippen LogP contribution in [0.1, 0.15) is 21.5 Å². The van der Waals surface area contributed by atoms with Crippen molar-refractivity contribution in [1.29, 1.82) is 0 Å². The zero-order chi connectivity index (χ0) is 21.3. The molecule has 2 heterocycles. The molecule has 0 bridgehead atoms. The minimum atomic E-state index is -0.0952. The van der Waals surface area contributed by atoms with Gasteiger partial charge in [0, 0.05) is 38.9 Å². The number of carbonyl (C=O) groups is 1. The molecule has 1 aliphatic rings. The van der Waals surface area contributed by atoms with Gasteiger partial charge in [0.05, 0.1) is 5.56 Å². The van der Waals surface area contributed by atoms with Crippen LogP contribution in [0.2, 0.25) is 0 Å². The normalized spacial score (nSPS) is 13.6. The molecule has 0 atom stereocenters. The number of pyridine rings is 1. The van der Waals surface area contributed by atoms with Gasteiger partial charge < -0.3 is 20.3 Å². The SMILES string of the molecule is O=C(NCCc1ccc(OCc2ccccc2)cc1)c1ccc(N2CCNCC2)nc1. The standard InChI is InChI=1S/C25H28N4O2/c30-25(22-8-11-24(28-18-22)29-16-14-26-15-17-29)27-13-12-20-6-9-23(10-7-20)31-19-21-4-2-1-3-5-21/h1-11,18,26H,12-17,19H2,(H,27,30). The van der Waals surface area contributed by atoms with Crippen LogP contribution in [0.5, 0.6) is 5.75 Å². The smallest absolute Gasteiger partial charge is 0.252 e. The largest absolute Gasteiger partial charge is 0.489 e. The molecule has 1 aromatic heterocycles. The van der Waals surface area contributed by atoms with Crippen LogP contribution >= 0.6 is 0 Å². The molecule has 6 nitrogen and oxygen atoms in total. The number of hydrogen-bond donors (Lipinski definition) is 2. The van der Waals surface area contributed by atoms with Crippen LogP contribution in [0.15, 0.2) is 72.9 Å². The Morgan fingerprint density at radius 3 is 2.45 bits per heavy atom. The topological polar surface area (TPSA) is 66.5 Å². The van der Waals surface area contributed by atoms with Gasteiger partial charge in [-0.3, -0.25) is 4.79 Å². The molecule has 0 aliphatic carbocycles. The van der Waals surface area contributed by atoms with Crippen LogP contribution in [0, 0.1) is 0 Å². The number of carbonyl (C=O) groups excluding carboxylic acids is 1. The van der Waals surface area contributed by atoms with Crippen LogP contribution in [-0.2, 0) is 13.0 Å². The average molecular weight is 417 g/mol. The maximum atomic E-state index is 12.4. The van der Waals surface area contributed by atoms with Gasteiger partial charge in [0.15, 0.2) is 0 Å². The fourth-order valence-corrected chi connectivity index (χ4v) is 3.52. The van der Waals surface area contributed by atoms with E-state index >= 15 is 0 Å². The van der Waals surface area contributed by atoms with Gasteiger partial charge in [-0.25, -0.2) is 4.98 Å². The molecule has 4 rings (SSSR count). The molecule has 0 spiro atoms. The van der Waals surface area contributed by atoms with Crippen LogP contribution < -0.4 is 20.3 Å². The molecule has 1 fully saturated rings. The fraction of sp³-hybridized carbons (Fsp3) is 0.280. The molecule has 0 radical (unpaired) electrons. The lowest BCUT2D eigenvalue weighted by Gasteiger charge is -2.28. The second kappa shape index (κ2) is 10.6. The quantitative estimate of drug-likeness (QED) is 0.591. The summed E-state index contributed by atoms with van der Waals surface area (Å²) in [7, 11) is 0. The Balaban J connectivity index is 1.21. The number of amides is 1. The third-order valence-electron chi connectivity index (χ3n) is 5.32. The Bertz CT molecular complexity index is 953. The average Bonchev–Trinajstić information content (AvgIpc) is 2.85. The van der Waals surface area contributed by atoms with Gasteiger partial charge >= 0.3 is 0 Å². The maximum absolute atomic E-state index is 12.4. The maximum Gasteiger partial charge on any atom is 0.252 e. The van der Waals surface area contributed by atoms with Crippen molar-refractivity contribution in [2.45, 2.75) is 13.0 Å². The molecule has 31 heavy (non-hydrogen) atoms. The number of rotatable bonds is 8. The molecule has 6 heteroatoms. The van der Waals surface area contributed by atoms with Gasteiger partial charge in [-0.05, 0) is 41.8 Å². The zero-order valence-electron chi connectivity index (χ0n) is 17.6. The first-order valence-electron chi connectivity index (χ1n) is 10.7. The molecule has 2 aromatic carbocycles.